The van der Waals surface area contributed by atoms with Gasteiger partial charge in [0, 0.05) is 45.8 Å². The largest absolute Gasteiger partial charge is 0.466 e. The molecular formula is C37H70N4O10. The fraction of sp³-hybridized carbons (Fsp3) is 0.865. The van der Waals surface area contributed by atoms with Crippen LogP contribution in [0.2, 0.25) is 0 Å². The highest BCUT2D eigenvalue weighted by molar-refractivity contribution is 5.72. The lowest BCUT2D eigenvalue weighted by Crippen LogP contribution is -2.42. The van der Waals surface area contributed by atoms with Crippen LogP contribution in [-0.2, 0) is 28.5 Å². The fourth-order valence-electron chi connectivity index (χ4n) is 4.32. The Morgan fingerprint density at radius 3 is 1.25 bits per heavy atom. The minimum atomic E-state index is -0.721. The summed E-state index contributed by atoms with van der Waals surface area (Å²) in [6.07, 6.45) is 1.75. The van der Waals surface area contributed by atoms with E-state index in [4.69, 9.17) is 23.7 Å². The molecule has 0 saturated carbocycles. The SMILES string of the molecule is CCCCOC(=O)CCN(CCCN(CCCCN(CCCNC(=O)OC(C)(C)C)C(=O)OC(C)(C)C)C(=O)OC(C)(C)C)C(=O)OC(C)(C)C. The number of rotatable bonds is 19. The molecule has 0 bridgehead atoms. The predicted octanol–water partition coefficient (Wildman–Crippen LogP) is 7.52. The average Bonchev–Trinajstić information content (AvgIpc) is 2.93. The van der Waals surface area contributed by atoms with Gasteiger partial charge in [-0.15, -0.1) is 0 Å². The summed E-state index contributed by atoms with van der Waals surface area (Å²) in [4.78, 5) is 68.2. The Hall–Kier alpha value is -3.45. The Morgan fingerprint density at radius 1 is 0.490 bits per heavy atom. The summed E-state index contributed by atoms with van der Waals surface area (Å²) in [5, 5.41) is 2.71. The van der Waals surface area contributed by atoms with Gasteiger partial charge >= 0.3 is 30.3 Å². The summed E-state index contributed by atoms with van der Waals surface area (Å²) in [5.74, 6) is -0.382. The monoisotopic (exact) mass is 731 g/mol. The zero-order chi connectivity index (χ0) is 39.5. The van der Waals surface area contributed by atoms with Crippen molar-refractivity contribution in [2.24, 2.45) is 0 Å². The topological polar surface area (TPSA) is 153 Å². The second-order valence-corrected chi connectivity index (χ2v) is 16.6. The summed E-state index contributed by atoms with van der Waals surface area (Å²) in [5.41, 5.74) is -2.72. The Morgan fingerprint density at radius 2 is 0.863 bits per heavy atom. The number of amides is 4. The van der Waals surface area contributed by atoms with Crippen LogP contribution in [0.5, 0.6) is 0 Å². The van der Waals surface area contributed by atoms with Crippen molar-refractivity contribution in [3.05, 3.63) is 0 Å². The summed E-state index contributed by atoms with van der Waals surface area (Å²) in [6.45, 7) is 25.9. The molecule has 0 radical (unpaired) electrons. The number of hydrogen-bond acceptors (Lipinski definition) is 10. The molecule has 0 atom stereocenters. The number of ether oxygens (including phenoxy) is 5. The zero-order valence-corrected chi connectivity index (χ0v) is 34.0. The van der Waals surface area contributed by atoms with Crippen molar-refractivity contribution < 1.29 is 47.7 Å². The maximum Gasteiger partial charge on any atom is 0.410 e. The number of hydrogen-bond donors (Lipinski definition) is 1. The Labute approximate surface area is 307 Å². The molecule has 0 aromatic rings. The molecule has 1 N–H and O–H groups in total. The first-order valence-electron chi connectivity index (χ1n) is 18.4. The summed E-state index contributed by atoms with van der Waals surface area (Å²) >= 11 is 0. The lowest BCUT2D eigenvalue weighted by atomic mass is 10.2. The first-order valence-corrected chi connectivity index (χ1v) is 18.4. The van der Waals surface area contributed by atoms with Gasteiger partial charge < -0.3 is 43.7 Å². The molecule has 0 aromatic carbocycles. The van der Waals surface area contributed by atoms with Gasteiger partial charge in [0.25, 0.3) is 0 Å². The fourth-order valence-corrected chi connectivity index (χ4v) is 4.32. The molecule has 0 saturated heterocycles. The van der Waals surface area contributed by atoms with Crippen LogP contribution in [-0.4, -0.2) is 120 Å². The second kappa shape index (κ2) is 22.5. The van der Waals surface area contributed by atoms with E-state index in [0.29, 0.717) is 65.0 Å². The Kier molecular flexibility index (Phi) is 21.0. The first-order chi connectivity index (χ1) is 23.3. The van der Waals surface area contributed by atoms with Crippen molar-refractivity contribution in [3.8, 4) is 0 Å². The zero-order valence-electron chi connectivity index (χ0n) is 34.0. The van der Waals surface area contributed by atoms with Crippen LogP contribution in [0.15, 0.2) is 0 Å². The molecule has 0 heterocycles. The van der Waals surface area contributed by atoms with Gasteiger partial charge in [-0.05, 0) is 115 Å². The minimum Gasteiger partial charge on any atom is -0.466 e. The van der Waals surface area contributed by atoms with Crippen LogP contribution in [0, 0.1) is 0 Å². The third kappa shape index (κ3) is 27.0. The molecule has 298 valence electrons. The molecule has 4 amide bonds. The first kappa shape index (κ1) is 47.5. The maximum atomic E-state index is 13.2. The summed E-state index contributed by atoms with van der Waals surface area (Å²) < 4.78 is 27.4. The van der Waals surface area contributed by atoms with Crippen LogP contribution >= 0.6 is 0 Å². The van der Waals surface area contributed by atoms with E-state index in [1.165, 1.54) is 4.90 Å². The molecule has 0 aliphatic rings. The predicted molar refractivity (Wildman–Crippen MR) is 197 cm³/mol. The number of unbranched alkanes of at least 4 members (excludes halogenated alkanes) is 2. The molecule has 0 aliphatic carbocycles. The van der Waals surface area contributed by atoms with E-state index >= 15 is 0 Å². The van der Waals surface area contributed by atoms with Gasteiger partial charge in [0.1, 0.15) is 22.4 Å². The Balaban J connectivity index is 5.47. The van der Waals surface area contributed by atoms with Gasteiger partial charge in [0.2, 0.25) is 0 Å². The number of carbonyl (C=O) groups is 5. The highest BCUT2D eigenvalue weighted by Crippen LogP contribution is 2.15. The highest BCUT2D eigenvalue weighted by atomic mass is 16.6. The van der Waals surface area contributed by atoms with Crippen molar-refractivity contribution in [2.45, 2.75) is 157 Å². The number of esters is 1. The van der Waals surface area contributed by atoms with Gasteiger partial charge in [-0.2, -0.15) is 0 Å². The lowest BCUT2D eigenvalue weighted by Gasteiger charge is -2.30. The van der Waals surface area contributed by atoms with Crippen LogP contribution < -0.4 is 5.32 Å². The van der Waals surface area contributed by atoms with E-state index in [1.54, 1.807) is 92.9 Å². The van der Waals surface area contributed by atoms with Crippen molar-refractivity contribution in [1.82, 2.24) is 20.0 Å². The van der Waals surface area contributed by atoms with Crippen molar-refractivity contribution in [1.29, 1.82) is 0 Å². The normalized spacial score (nSPS) is 12.0. The van der Waals surface area contributed by atoms with Gasteiger partial charge in [0.05, 0.1) is 13.0 Å². The van der Waals surface area contributed by atoms with Crippen LogP contribution in [0.25, 0.3) is 0 Å². The molecule has 0 unspecified atom stereocenters. The van der Waals surface area contributed by atoms with E-state index in [2.05, 4.69) is 5.32 Å². The molecule has 14 heteroatoms. The van der Waals surface area contributed by atoms with E-state index in [1.807, 2.05) is 6.92 Å². The van der Waals surface area contributed by atoms with Gasteiger partial charge in [-0.1, -0.05) is 13.3 Å². The van der Waals surface area contributed by atoms with E-state index in [0.717, 1.165) is 12.8 Å². The van der Waals surface area contributed by atoms with Crippen LogP contribution in [0.3, 0.4) is 0 Å². The average molecular weight is 731 g/mol. The summed E-state index contributed by atoms with van der Waals surface area (Å²) in [6, 6.07) is 0. The van der Waals surface area contributed by atoms with Gasteiger partial charge in [-0.25, -0.2) is 19.2 Å². The molecule has 0 aliphatic heterocycles. The number of carbonyl (C=O) groups excluding carboxylic acids is 5. The number of nitrogens with one attached hydrogen (secondary N) is 1. The molecule has 0 rings (SSSR count). The minimum absolute atomic E-state index is 0.0317. The summed E-state index contributed by atoms with van der Waals surface area (Å²) in [7, 11) is 0. The second-order valence-electron chi connectivity index (χ2n) is 16.6. The molecular weight excluding hydrogens is 660 g/mol. The molecule has 51 heavy (non-hydrogen) atoms. The van der Waals surface area contributed by atoms with E-state index in [-0.39, 0.29) is 25.5 Å². The van der Waals surface area contributed by atoms with Gasteiger partial charge in [0.15, 0.2) is 0 Å². The smallest absolute Gasteiger partial charge is 0.410 e. The van der Waals surface area contributed by atoms with Crippen LogP contribution in [0.1, 0.15) is 135 Å². The van der Waals surface area contributed by atoms with Crippen molar-refractivity contribution in [2.75, 3.05) is 52.4 Å². The van der Waals surface area contributed by atoms with Gasteiger partial charge in [-0.3, -0.25) is 4.79 Å². The molecule has 0 fully saturated rings. The molecule has 14 nitrogen and oxygen atoms in total. The lowest BCUT2D eigenvalue weighted by molar-refractivity contribution is -0.144. The maximum absolute atomic E-state index is 13.2. The molecule has 0 spiro atoms. The quantitative estimate of drug-likeness (QED) is 0.0802. The standard InChI is InChI=1S/C37H70N4O10/c1-14-15-28-47-29(42)20-27-41(33(46)51-37(11,12)13)26-19-25-40(32(45)50-36(8,9)10)23-17-16-22-39(31(44)49-35(5,6)7)24-18-21-38-30(43)48-34(2,3)4/h14-28H2,1-13H3,(H,38,43). The third-order valence-corrected chi connectivity index (χ3v) is 6.54. The number of alkyl carbamates (subject to hydrolysis) is 1. The van der Waals surface area contributed by atoms with Crippen molar-refractivity contribution >= 4 is 30.3 Å². The molecule has 0 aromatic heterocycles. The van der Waals surface area contributed by atoms with E-state index < -0.39 is 46.8 Å². The highest BCUT2D eigenvalue weighted by Gasteiger charge is 2.26. The third-order valence-electron chi connectivity index (χ3n) is 6.54. The number of nitrogens with zero attached hydrogens (tertiary/aromatic N) is 3. The van der Waals surface area contributed by atoms with E-state index in [9.17, 15) is 24.0 Å². The Bertz CT molecular complexity index is 1070. The van der Waals surface area contributed by atoms with Crippen molar-refractivity contribution in [3.63, 3.8) is 0 Å². The van der Waals surface area contributed by atoms with Crippen LogP contribution in [0.4, 0.5) is 19.2 Å².